The molecule has 1 aliphatic heterocycles. The number of benzene rings is 1. The molecule has 226 valence electrons. The maximum absolute atomic E-state index is 12.9. The summed E-state index contributed by atoms with van der Waals surface area (Å²) in [4.78, 5) is 33.0. The van der Waals surface area contributed by atoms with Gasteiger partial charge in [0.15, 0.2) is 15.0 Å². The van der Waals surface area contributed by atoms with Crippen LogP contribution in [0.25, 0.3) is 0 Å². The van der Waals surface area contributed by atoms with Gasteiger partial charge in [0.05, 0.1) is 28.8 Å². The van der Waals surface area contributed by atoms with Crippen LogP contribution < -0.4 is 10.9 Å². The lowest BCUT2D eigenvalue weighted by Crippen LogP contribution is -2.27. The molecule has 1 fully saturated rings. The second-order valence-electron chi connectivity index (χ2n) is 11.6. The maximum Gasteiger partial charge on any atom is 0.321 e. The van der Waals surface area contributed by atoms with Crippen LogP contribution in [0, 0.1) is 11.8 Å². The molecule has 1 N–H and O–H groups in total. The second-order valence-corrected chi connectivity index (χ2v) is 14.8. The topological polar surface area (TPSA) is 101 Å². The monoisotopic (exact) mass is 618 g/mol. The number of carbonyl (C=O) groups excluding carboxylic acids is 1. The van der Waals surface area contributed by atoms with E-state index in [9.17, 15) is 26.8 Å². The number of nitrogens with one attached hydrogen (secondary N) is 1. The summed E-state index contributed by atoms with van der Waals surface area (Å²) in [6.07, 6.45) is 6.52. The molecule has 0 unspecified atom stereocenters. The van der Waals surface area contributed by atoms with Gasteiger partial charge in [0.25, 0.3) is 5.56 Å². The first-order valence-corrected chi connectivity index (χ1v) is 16.8. The molecule has 1 saturated carbocycles. The summed E-state index contributed by atoms with van der Waals surface area (Å²) in [5.41, 5.74) is 1.50. The van der Waals surface area contributed by atoms with Crippen LogP contribution in [0.2, 0.25) is 0 Å². The highest BCUT2D eigenvalue weighted by Gasteiger charge is 2.36. The molecule has 5 rings (SSSR count). The van der Waals surface area contributed by atoms with Crippen molar-refractivity contribution in [2.75, 3.05) is 11.1 Å². The van der Waals surface area contributed by atoms with Crippen LogP contribution in [0.5, 0.6) is 0 Å². The number of thiazole rings is 1. The normalized spacial score (nSPS) is 17.8. The lowest BCUT2D eigenvalue weighted by atomic mass is 10.0. The number of fused-ring (bicyclic) bond motifs is 1. The number of anilines is 1. The van der Waals surface area contributed by atoms with Crippen molar-refractivity contribution in [3.05, 3.63) is 74.6 Å². The van der Waals surface area contributed by atoms with Gasteiger partial charge in [-0.25, -0.2) is 13.4 Å². The zero-order valence-electron chi connectivity index (χ0n) is 23.8. The molecule has 12 heteroatoms. The predicted octanol–water partition coefficient (Wildman–Crippen LogP) is 5.95. The van der Waals surface area contributed by atoms with Gasteiger partial charge in [-0.15, -0.1) is 11.3 Å². The molecule has 1 aromatic carbocycles. The first-order chi connectivity index (χ1) is 20.0. The van der Waals surface area contributed by atoms with Crippen molar-refractivity contribution in [3.8, 4) is 0 Å². The fourth-order valence-corrected chi connectivity index (χ4v) is 8.51. The number of halogens is 2. The quantitative estimate of drug-likeness (QED) is 0.285. The number of hydrogen-bond donors (Lipinski definition) is 1. The number of aromatic nitrogens is 2. The van der Waals surface area contributed by atoms with E-state index in [0.717, 1.165) is 29.6 Å². The number of nitrogens with zero attached hydrogens (tertiary/aromatic N) is 3. The van der Waals surface area contributed by atoms with E-state index in [2.05, 4.69) is 24.1 Å². The zero-order chi connectivity index (χ0) is 30.0. The zero-order valence-corrected chi connectivity index (χ0v) is 25.4. The minimum atomic E-state index is -3.34. The number of hydrogen-bond acceptors (Lipinski definition) is 7. The van der Waals surface area contributed by atoms with Crippen molar-refractivity contribution >= 4 is 32.2 Å². The van der Waals surface area contributed by atoms with E-state index in [0.29, 0.717) is 51.1 Å². The van der Waals surface area contributed by atoms with E-state index in [-0.39, 0.29) is 30.0 Å². The Morgan fingerprint density at radius 3 is 2.48 bits per heavy atom. The first-order valence-electron chi connectivity index (χ1n) is 14.3. The molecule has 0 radical (unpaired) electrons. The van der Waals surface area contributed by atoms with Crippen molar-refractivity contribution in [1.82, 2.24) is 14.5 Å². The van der Waals surface area contributed by atoms with Crippen molar-refractivity contribution in [3.63, 3.8) is 0 Å². The summed E-state index contributed by atoms with van der Waals surface area (Å²) < 4.78 is 51.8. The van der Waals surface area contributed by atoms with Gasteiger partial charge in [0, 0.05) is 30.2 Å². The summed E-state index contributed by atoms with van der Waals surface area (Å²) in [7, 11) is -3.34. The summed E-state index contributed by atoms with van der Waals surface area (Å²) in [6.45, 7) is 2.24. The molecule has 0 spiro atoms. The van der Waals surface area contributed by atoms with E-state index in [1.807, 2.05) is 0 Å². The lowest BCUT2D eigenvalue weighted by molar-refractivity contribution is -0.115. The Hall–Kier alpha value is -2.96. The lowest BCUT2D eigenvalue weighted by Gasteiger charge is -2.27. The Bertz CT molecular complexity index is 1580. The third-order valence-electron chi connectivity index (χ3n) is 8.15. The molecule has 2 aliphatic rings. The Morgan fingerprint density at radius 2 is 1.83 bits per heavy atom. The van der Waals surface area contributed by atoms with E-state index < -0.39 is 21.9 Å². The van der Waals surface area contributed by atoms with Gasteiger partial charge in [0.1, 0.15) is 0 Å². The highest BCUT2D eigenvalue weighted by molar-refractivity contribution is 7.91. The van der Waals surface area contributed by atoms with E-state index in [4.69, 9.17) is 4.98 Å². The van der Waals surface area contributed by atoms with Gasteiger partial charge < -0.3 is 5.32 Å². The highest BCUT2D eigenvalue weighted by atomic mass is 32.2. The van der Waals surface area contributed by atoms with Crippen LogP contribution in [0.15, 0.2) is 52.3 Å². The molecular formula is C30H36F2N4O4S2. The molecule has 3 aromatic rings. The summed E-state index contributed by atoms with van der Waals surface area (Å²) in [5, 5.41) is 3.38. The Kier molecular flexibility index (Phi) is 9.24. The molecule has 42 heavy (non-hydrogen) atoms. The van der Waals surface area contributed by atoms with Crippen molar-refractivity contribution < 1.29 is 22.0 Å². The third-order valence-corrected chi connectivity index (χ3v) is 10.9. The summed E-state index contributed by atoms with van der Waals surface area (Å²) >= 11 is 1.40. The fraction of sp³-hybridized carbons (Fsp3) is 0.500. The predicted molar refractivity (Wildman–Crippen MR) is 158 cm³/mol. The largest absolute Gasteiger partial charge is 0.321 e. The smallest absolute Gasteiger partial charge is 0.302 e. The van der Waals surface area contributed by atoms with Gasteiger partial charge in [0.2, 0.25) is 5.91 Å². The number of alkyl halides is 2. The number of carbonyl (C=O) groups is 1. The first kappa shape index (κ1) is 30.5. The van der Waals surface area contributed by atoms with Gasteiger partial charge >= 0.3 is 6.55 Å². The van der Waals surface area contributed by atoms with Crippen molar-refractivity contribution in [2.45, 2.75) is 82.9 Å². The van der Waals surface area contributed by atoms with Crippen molar-refractivity contribution in [2.24, 2.45) is 11.8 Å². The average molecular weight is 619 g/mol. The molecule has 3 heterocycles. The van der Waals surface area contributed by atoms with E-state index in [1.165, 1.54) is 36.3 Å². The van der Waals surface area contributed by atoms with Gasteiger partial charge in [-0.3, -0.25) is 19.1 Å². The molecule has 0 bridgehead atoms. The molecule has 1 amide bonds. The van der Waals surface area contributed by atoms with Gasteiger partial charge in [-0.05, 0) is 47.6 Å². The summed E-state index contributed by atoms with van der Waals surface area (Å²) in [5.74, 6) is 0.612. The molecular weight excluding hydrogens is 582 g/mol. The number of amides is 1. The van der Waals surface area contributed by atoms with Crippen molar-refractivity contribution in [1.29, 1.82) is 0 Å². The van der Waals surface area contributed by atoms with Crippen LogP contribution in [-0.2, 0) is 34.1 Å². The van der Waals surface area contributed by atoms with Crippen LogP contribution in [0.4, 0.5) is 13.9 Å². The standard InChI is InChI=1S/C30H36F2N4O4S2/c1-19(2)28-27-24(18-35(28)17-22-11-13-36(29(31)32)26(38)16-22)41-30(34-27)33-25(37)15-21-7-9-23(10-8-21)42(39,40)14-12-20-5-3-4-6-20/h7-11,13,16,19-20,28-29H,3-6,12,14-15,17-18H2,1-2H3,(H,33,34,37)/t28-/m0/s1. The minimum Gasteiger partial charge on any atom is -0.302 e. The van der Waals surface area contributed by atoms with Crippen LogP contribution in [0.1, 0.15) is 80.2 Å². The van der Waals surface area contributed by atoms with E-state index >= 15 is 0 Å². The van der Waals surface area contributed by atoms with E-state index in [1.54, 1.807) is 24.3 Å². The number of pyridine rings is 1. The average Bonchev–Trinajstić information content (AvgIpc) is 3.64. The molecule has 8 nitrogen and oxygen atoms in total. The highest BCUT2D eigenvalue weighted by Crippen LogP contribution is 2.43. The van der Waals surface area contributed by atoms with Crippen LogP contribution >= 0.6 is 11.3 Å². The minimum absolute atomic E-state index is 0.0532. The third kappa shape index (κ3) is 6.98. The SMILES string of the molecule is CC(C)[C@H]1c2nc(NC(=O)Cc3ccc(S(=O)(=O)CCC4CCCC4)cc3)sc2CN1Cc1ccn(C(F)F)c(=O)c1. The molecule has 2 aromatic heterocycles. The van der Waals surface area contributed by atoms with Crippen LogP contribution in [0.3, 0.4) is 0 Å². The Labute approximate surface area is 248 Å². The number of sulfone groups is 1. The van der Waals surface area contributed by atoms with Gasteiger partial charge in [-0.1, -0.05) is 51.7 Å². The fourth-order valence-electron chi connectivity index (χ4n) is 6.04. The number of rotatable bonds is 11. The molecule has 1 atom stereocenters. The van der Waals surface area contributed by atoms with Crippen LogP contribution in [-0.4, -0.2) is 34.5 Å². The Morgan fingerprint density at radius 1 is 1.12 bits per heavy atom. The Balaban J connectivity index is 1.18. The second kappa shape index (κ2) is 12.7. The summed E-state index contributed by atoms with van der Waals surface area (Å²) in [6, 6.07) is 9.28. The molecule has 0 saturated heterocycles. The van der Waals surface area contributed by atoms with Gasteiger partial charge in [-0.2, -0.15) is 8.78 Å². The maximum atomic E-state index is 12.9. The molecule has 1 aliphatic carbocycles.